The Morgan fingerprint density at radius 3 is 2.77 bits per heavy atom. The van der Waals surface area contributed by atoms with Crippen molar-refractivity contribution in [1.29, 1.82) is 0 Å². The summed E-state index contributed by atoms with van der Waals surface area (Å²) in [6.45, 7) is 4.00. The number of benzene rings is 1. The Labute approximate surface area is 128 Å². The van der Waals surface area contributed by atoms with Gasteiger partial charge in [0.25, 0.3) is 5.91 Å². The first-order valence-electron chi connectivity index (χ1n) is 6.93. The van der Waals surface area contributed by atoms with E-state index in [1.807, 2.05) is 6.92 Å². The number of carbonyl (C=O) groups is 2. The quantitative estimate of drug-likeness (QED) is 0.841. The highest BCUT2D eigenvalue weighted by Crippen LogP contribution is 2.14. The fourth-order valence-electron chi connectivity index (χ4n) is 2.13. The van der Waals surface area contributed by atoms with Gasteiger partial charge in [-0.3, -0.25) is 9.59 Å². The number of nitrogens with zero attached hydrogens (tertiary/aromatic N) is 3. The Kier molecular flexibility index (Phi) is 4.88. The highest BCUT2D eigenvalue weighted by atomic mass is 16.4. The van der Waals surface area contributed by atoms with E-state index in [0.717, 1.165) is 11.3 Å². The van der Waals surface area contributed by atoms with Gasteiger partial charge in [-0.2, -0.15) is 5.10 Å². The van der Waals surface area contributed by atoms with Gasteiger partial charge in [-0.1, -0.05) is 6.92 Å². The molecule has 0 radical (unpaired) electrons. The number of aryl methyl sites for hydroxylation is 1. The monoisotopic (exact) mass is 302 g/mol. The molecule has 7 heteroatoms. The molecular weight excluding hydrogens is 284 g/mol. The number of hydrogen-bond acceptors (Lipinski definition) is 4. The molecule has 1 aromatic heterocycles. The summed E-state index contributed by atoms with van der Waals surface area (Å²) in [5.41, 5.74) is 2.29. The third-order valence-corrected chi connectivity index (χ3v) is 3.26. The Morgan fingerprint density at radius 1 is 1.41 bits per heavy atom. The molecule has 0 saturated heterocycles. The van der Waals surface area contributed by atoms with Gasteiger partial charge in [0, 0.05) is 18.5 Å². The van der Waals surface area contributed by atoms with Crippen LogP contribution >= 0.6 is 0 Å². The van der Waals surface area contributed by atoms with Gasteiger partial charge in [0.1, 0.15) is 12.7 Å². The maximum absolute atomic E-state index is 12.1. The molecule has 1 amide bonds. The maximum atomic E-state index is 12.1. The van der Waals surface area contributed by atoms with Crippen molar-refractivity contribution in [3.8, 4) is 5.69 Å². The van der Waals surface area contributed by atoms with Crippen molar-refractivity contribution in [3.05, 3.63) is 42.0 Å². The lowest BCUT2D eigenvalue weighted by molar-refractivity contribution is -0.137. The molecule has 0 fully saturated rings. The molecule has 0 aliphatic carbocycles. The van der Waals surface area contributed by atoms with Crippen LogP contribution in [0, 0.1) is 12.8 Å². The van der Waals surface area contributed by atoms with Crippen molar-refractivity contribution in [2.45, 2.75) is 20.3 Å². The molecule has 0 spiro atoms. The molecule has 2 aromatic rings. The van der Waals surface area contributed by atoms with Crippen LogP contribution in [0.4, 0.5) is 0 Å². The first kappa shape index (κ1) is 15.7. The fourth-order valence-corrected chi connectivity index (χ4v) is 2.13. The highest BCUT2D eigenvalue weighted by Gasteiger charge is 2.12. The lowest BCUT2D eigenvalue weighted by atomic mass is 10.1. The van der Waals surface area contributed by atoms with Gasteiger partial charge in [-0.05, 0) is 36.6 Å². The predicted octanol–water partition coefficient (Wildman–Crippen LogP) is 1.42. The summed E-state index contributed by atoms with van der Waals surface area (Å²) in [7, 11) is 0. The number of carboxylic acids is 1. The normalized spacial score (nSPS) is 11.9. The van der Waals surface area contributed by atoms with Gasteiger partial charge < -0.3 is 10.4 Å². The molecule has 0 bridgehead atoms. The summed E-state index contributed by atoms with van der Waals surface area (Å²) in [5.74, 6) is -1.20. The molecule has 1 aromatic carbocycles. The number of nitrogens with one attached hydrogen (secondary N) is 1. The molecule has 22 heavy (non-hydrogen) atoms. The van der Waals surface area contributed by atoms with Crippen LogP contribution < -0.4 is 5.32 Å². The first-order valence-corrected chi connectivity index (χ1v) is 6.93. The minimum atomic E-state index is -0.866. The lowest BCUT2D eigenvalue weighted by Crippen LogP contribution is -2.29. The lowest BCUT2D eigenvalue weighted by Gasteiger charge is -2.12. The molecule has 1 atom stereocenters. The van der Waals surface area contributed by atoms with Crippen LogP contribution in [0.2, 0.25) is 0 Å². The largest absolute Gasteiger partial charge is 0.481 e. The van der Waals surface area contributed by atoms with Crippen LogP contribution in [0.1, 0.15) is 29.3 Å². The second-order valence-corrected chi connectivity index (χ2v) is 5.25. The molecule has 2 rings (SSSR count). The van der Waals surface area contributed by atoms with Crippen LogP contribution in [0.15, 0.2) is 30.9 Å². The summed E-state index contributed by atoms with van der Waals surface area (Å²) < 4.78 is 1.63. The molecule has 7 nitrogen and oxygen atoms in total. The van der Waals surface area contributed by atoms with Crippen LogP contribution in [0.3, 0.4) is 0 Å². The number of hydrogen-bond donors (Lipinski definition) is 2. The predicted molar refractivity (Wildman–Crippen MR) is 79.8 cm³/mol. The molecule has 0 aliphatic rings. The molecule has 2 N–H and O–H groups in total. The second kappa shape index (κ2) is 6.84. The molecule has 116 valence electrons. The van der Waals surface area contributed by atoms with Gasteiger partial charge in [0.2, 0.25) is 0 Å². The number of aromatic nitrogens is 3. The van der Waals surface area contributed by atoms with Crippen LogP contribution in [0.5, 0.6) is 0 Å². The van der Waals surface area contributed by atoms with Gasteiger partial charge in [0.15, 0.2) is 0 Å². The van der Waals surface area contributed by atoms with Crippen LogP contribution in [-0.2, 0) is 4.79 Å². The van der Waals surface area contributed by atoms with E-state index in [1.165, 1.54) is 6.33 Å². The molecular formula is C15H18N4O3. The SMILES string of the molecule is Cc1cc(C(=O)NCC(C)CC(=O)O)ccc1-n1cncn1. The van der Waals surface area contributed by atoms with Crippen molar-refractivity contribution < 1.29 is 14.7 Å². The Balaban J connectivity index is 2.02. The Hall–Kier alpha value is -2.70. The number of carboxylic acid groups (broad SMARTS) is 1. The zero-order chi connectivity index (χ0) is 16.1. The van der Waals surface area contributed by atoms with Crippen molar-refractivity contribution in [2.24, 2.45) is 5.92 Å². The van der Waals surface area contributed by atoms with Crippen molar-refractivity contribution >= 4 is 11.9 Å². The van der Waals surface area contributed by atoms with E-state index < -0.39 is 5.97 Å². The van der Waals surface area contributed by atoms with Gasteiger partial charge in [-0.15, -0.1) is 0 Å². The summed E-state index contributed by atoms with van der Waals surface area (Å²) in [5, 5.41) is 15.5. The zero-order valence-corrected chi connectivity index (χ0v) is 12.5. The number of amides is 1. The second-order valence-electron chi connectivity index (χ2n) is 5.25. The van der Waals surface area contributed by atoms with Gasteiger partial charge in [-0.25, -0.2) is 9.67 Å². The average Bonchev–Trinajstić information content (AvgIpc) is 2.97. The van der Waals surface area contributed by atoms with Gasteiger partial charge >= 0.3 is 5.97 Å². The van der Waals surface area contributed by atoms with E-state index in [2.05, 4.69) is 15.4 Å². The third-order valence-electron chi connectivity index (χ3n) is 3.26. The van der Waals surface area contributed by atoms with E-state index >= 15 is 0 Å². The summed E-state index contributed by atoms with van der Waals surface area (Å²) >= 11 is 0. The van der Waals surface area contributed by atoms with E-state index in [-0.39, 0.29) is 18.2 Å². The minimum absolute atomic E-state index is 0.0323. The van der Waals surface area contributed by atoms with Crippen molar-refractivity contribution in [2.75, 3.05) is 6.54 Å². The highest BCUT2D eigenvalue weighted by molar-refractivity contribution is 5.94. The molecule has 0 saturated carbocycles. The van der Waals surface area contributed by atoms with E-state index in [0.29, 0.717) is 12.1 Å². The van der Waals surface area contributed by atoms with E-state index in [4.69, 9.17) is 5.11 Å². The molecule has 1 heterocycles. The summed E-state index contributed by atoms with van der Waals surface area (Å²) in [4.78, 5) is 26.6. The molecule has 1 unspecified atom stereocenters. The van der Waals surface area contributed by atoms with Crippen LogP contribution in [-0.4, -0.2) is 38.3 Å². The first-order chi connectivity index (χ1) is 10.5. The van der Waals surface area contributed by atoms with Crippen molar-refractivity contribution in [1.82, 2.24) is 20.1 Å². The van der Waals surface area contributed by atoms with Crippen LogP contribution in [0.25, 0.3) is 5.69 Å². The van der Waals surface area contributed by atoms with Gasteiger partial charge in [0.05, 0.1) is 5.69 Å². The average molecular weight is 302 g/mol. The number of carbonyl (C=O) groups excluding carboxylic acids is 1. The minimum Gasteiger partial charge on any atom is -0.481 e. The molecule has 0 aliphatic heterocycles. The van der Waals surface area contributed by atoms with E-state index in [1.54, 1.807) is 36.1 Å². The standard InChI is InChI=1S/C15H18N4O3/c1-10(5-14(20)21)7-17-15(22)12-3-4-13(11(2)6-12)19-9-16-8-18-19/h3-4,6,8-10H,5,7H2,1-2H3,(H,17,22)(H,20,21). The Bertz CT molecular complexity index is 667. The summed E-state index contributed by atoms with van der Waals surface area (Å²) in [6, 6.07) is 5.29. The number of aliphatic carboxylic acids is 1. The third kappa shape index (κ3) is 3.91. The fraction of sp³-hybridized carbons (Fsp3) is 0.333. The Morgan fingerprint density at radius 2 is 2.18 bits per heavy atom. The zero-order valence-electron chi connectivity index (χ0n) is 12.5. The topological polar surface area (TPSA) is 97.1 Å². The van der Waals surface area contributed by atoms with E-state index in [9.17, 15) is 9.59 Å². The number of rotatable bonds is 6. The summed E-state index contributed by atoms with van der Waals surface area (Å²) in [6.07, 6.45) is 3.07. The maximum Gasteiger partial charge on any atom is 0.303 e. The smallest absolute Gasteiger partial charge is 0.303 e. The van der Waals surface area contributed by atoms with Crippen molar-refractivity contribution in [3.63, 3.8) is 0 Å².